The molecule has 11 heteroatoms. The Labute approximate surface area is 158 Å². The van der Waals surface area contributed by atoms with E-state index in [0.29, 0.717) is 28.9 Å². The lowest BCUT2D eigenvalue weighted by Gasteiger charge is -2.07. The van der Waals surface area contributed by atoms with Crippen molar-refractivity contribution in [3.8, 4) is 5.75 Å². The smallest absolute Gasteiger partial charge is 0.325 e. The van der Waals surface area contributed by atoms with Crippen molar-refractivity contribution in [1.29, 1.82) is 0 Å². The average Bonchev–Trinajstić information content (AvgIpc) is 3.33. The zero-order chi connectivity index (χ0) is 19.1. The van der Waals surface area contributed by atoms with Crippen LogP contribution in [-0.2, 0) is 11.3 Å². The number of aromatic nitrogens is 4. The fourth-order valence-electron chi connectivity index (χ4n) is 2.08. The Kier molecular flexibility index (Phi) is 6.05. The molecular weight excluding hydrogens is 372 g/mol. The monoisotopic (exact) mass is 388 g/mol. The van der Waals surface area contributed by atoms with E-state index in [0.717, 1.165) is 11.8 Å². The van der Waals surface area contributed by atoms with E-state index in [9.17, 15) is 9.59 Å². The second kappa shape index (κ2) is 8.85. The zero-order valence-corrected chi connectivity index (χ0v) is 15.1. The molecule has 3 amide bonds. The van der Waals surface area contributed by atoms with Crippen molar-refractivity contribution in [2.24, 2.45) is 0 Å². The maximum absolute atomic E-state index is 12.0. The lowest BCUT2D eigenvalue weighted by atomic mass is 10.3. The van der Waals surface area contributed by atoms with Gasteiger partial charge >= 0.3 is 6.03 Å². The van der Waals surface area contributed by atoms with Gasteiger partial charge in [0.1, 0.15) is 18.1 Å². The van der Waals surface area contributed by atoms with E-state index in [2.05, 4.69) is 26.2 Å². The minimum absolute atomic E-state index is 0.0193. The topological polar surface area (TPSA) is 124 Å². The third kappa shape index (κ3) is 5.31. The van der Waals surface area contributed by atoms with E-state index in [1.165, 1.54) is 4.68 Å². The molecular formula is C16H16N6O4S. The van der Waals surface area contributed by atoms with Crippen LogP contribution in [0.4, 0.5) is 10.5 Å². The van der Waals surface area contributed by atoms with Crippen LogP contribution in [0.15, 0.2) is 52.2 Å². The molecule has 0 aliphatic heterocycles. The fourth-order valence-corrected chi connectivity index (χ4v) is 2.76. The number of amides is 3. The SMILES string of the molecule is COc1ccc(NC(=O)NC(=O)CSc2nnnn2Cc2ccco2)cc1. The zero-order valence-electron chi connectivity index (χ0n) is 14.3. The molecule has 0 spiro atoms. The number of nitrogens with one attached hydrogen (secondary N) is 2. The van der Waals surface area contributed by atoms with Gasteiger partial charge in [-0.15, -0.1) is 5.10 Å². The number of nitrogens with zero attached hydrogens (tertiary/aromatic N) is 4. The van der Waals surface area contributed by atoms with Crippen LogP contribution >= 0.6 is 11.8 Å². The van der Waals surface area contributed by atoms with Gasteiger partial charge in [0.05, 0.1) is 19.1 Å². The van der Waals surface area contributed by atoms with E-state index >= 15 is 0 Å². The second-order valence-electron chi connectivity index (χ2n) is 5.22. The molecule has 27 heavy (non-hydrogen) atoms. The van der Waals surface area contributed by atoms with Crippen molar-refractivity contribution >= 4 is 29.4 Å². The molecule has 0 aliphatic carbocycles. The number of furan rings is 1. The molecule has 140 valence electrons. The first-order valence-electron chi connectivity index (χ1n) is 7.80. The quantitative estimate of drug-likeness (QED) is 0.587. The summed E-state index contributed by atoms with van der Waals surface area (Å²) in [5.74, 6) is 0.862. The number of thioether (sulfide) groups is 1. The van der Waals surface area contributed by atoms with E-state index in [1.807, 2.05) is 0 Å². The number of rotatable bonds is 7. The fraction of sp³-hybridized carbons (Fsp3) is 0.188. The number of hydrogen-bond donors (Lipinski definition) is 2. The van der Waals surface area contributed by atoms with Gasteiger partial charge in [-0.3, -0.25) is 10.1 Å². The van der Waals surface area contributed by atoms with Crippen molar-refractivity contribution in [3.63, 3.8) is 0 Å². The number of anilines is 1. The average molecular weight is 388 g/mol. The minimum Gasteiger partial charge on any atom is -0.497 e. The molecule has 10 nitrogen and oxygen atoms in total. The minimum atomic E-state index is -0.624. The van der Waals surface area contributed by atoms with Crippen molar-refractivity contribution in [1.82, 2.24) is 25.5 Å². The van der Waals surface area contributed by atoms with E-state index in [1.54, 1.807) is 49.8 Å². The largest absolute Gasteiger partial charge is 0.497 e. The number of carbonyl (C=O) groups excluding carboxylic acids is 2. The van der Waals surface area contributed by atoms with E-state index < -0.39 is 11.9 Å². The van der Waals surface area contributed by atoms with Crippen LogP contribution < -0.4 is 15.4 Å². The van der Waals surface area contributed by atoms with Gasteiger partial charge in [0, 0.05) is 5.69 Å². The van der Waals surface area contributed by atoms with Gasteiger partial charge < -0.3 is 14.5 Å². The highest BCUT2D eigenvalue weighted by Crippen LogP contribution is 2.16. The summed E-state index contributed by atoms with van der Waals surface area (Å²) in [6.45, 7) is 0.349. The van der Waals surface area contributed by atoms with Crippen LogP contribution in [0.5, 0.6) is 5.75 Å². The lowest BCUT2D eigenvalue weighted by Crippen LogP contribution is -2.35. The molecule has 0 aliphatic rings. The van der Waals surface area contributed by atoms with Crippen LogP contribution in [0.1, 0.15) is 5.76 Å². The normalized spacial score (nSPS) is 10.4. The standard InChI is InChI=1S/C16H16N6O4S/c1-25-12-6-4-11(5-7-12)17-15(24)18-14(23)10-27-16-19-20-21-22(16)9-13-3-2-8-26-13/h2-8H,9-10H2,1H3,(H2,17,18,23,24). The van der Waals surface area contributed by atoms with Gasteiger partial charge in [0.15, 0.2) is 0 Å². The van der Waals surface area contributed by atoms with Crippen molar-refractivity contribution in [2.45, 2.75) is 11.7 Å². The number of hydrogen-bond acceptors (Lipinski definition) is 8. The summed E-state index contributed by atoms with van der Waals surface area (Å²) in [5, 5.41) is 16.6. The molecule has 1 aromatic carbocycles. The number of ether oxygens (including phenoxy) is 1. The lowest BCUT2D eigenvalue weighted by molar-refractivity contribution is -0.117. The molecule has 0 saturated heterocycles. The summed E-state index contributed by atoms with van der Waals surface area (Å²) in [4.78, 5) is 23.8. The highest BCUT2D eigenvalue weighted by molar-refractivity contribution is 7.99. The molecule has 2 N–H and O–H groups in total. The van der Waals surface area contributed by atoms with Crippen molar-refractivity contribution < 1.29 is 18.7 Å². The Morgan fingerprint density at radius 2 is 2.07 bits per heavy atom. The number of benzene rings is 1. The van der Waals surface area contributed by atoms with Crippen molar-refractivity contribution in [2.75, 3.05) is 18.2 Å². The number of methoxy groups -OCH3 is 1. The van der Waals surface area contributed by atoms with Crippen LogP contribution in [0.3, 0.4) is 0 Å². The van der Waals surface area contributed by atoms with E-state index in [-0.39, 0.29) is 5.75 Å². The van der Waals surface area contributed by atoms with E-state index in [4.69, 9.17) is 9.15 Å². The molecule has 0 fully saturated rings. The van der Waals surface area contributed by atoms with Gasteiger partial charge in [0.25, 0.3) is 0 Å². The predicted octanol–water partition coefficient (Wildman–Crippen LogP) is 1.76. The summed E-state index contributed by atoms with van der Waals surface area (Å²) >= 11 is 1.11. The van der Waals surface area contributed by atoms with Crippen molar-refractivity contribution in [3.05, 3.63) is 48.4 Å². The Morgan fingerprint density at radius 1 is 1.26 bits per heavy atom. The molecule has 3 rings (SSSR count). The van der Waals surface area contributed by atoms with Gasteiger partial charge in [-0.1, -0.05) is 11.8 Å². The Bertz CT molecular complexity index is 894. The molecule has 0 saturated carbocycles. The van der Waals surface area contributed by atoms with Gasteiger partial charge in [-0.2, -0.15) is 0 Å². The van der Waals surface area contributed by atoms with Crippen LogP contribution in [0.2, 0.25) is 0 Å². The van der Waals surface area contributed by atoms with Crippen LogP contribution in [0.25, 0.3) is 0 Å². The summed E-state index contributed by atoms with van der Waals surface area (Å²) in [6, 6.07) is 9.67. The highest BCUT2D eigenvalue weighted by atomic mass is 32.2. The van der Waals surface area contributed by atoms with Crippen LogP contribution in [-0.4, -0.2) is 45.0 Å². The number of carbonyl (C=O) groups is 2. The summed E-state index contributed by atoms with van der Waals surface area (Å²) in [6.07, 6.45) is 1.56. The molecule has 2 heterocycles. The molecule has 0 atom stereocenters. The number of tetrazole rings is 1. The molecule has 0 unspecified atom stereocenters. The molecule has 0 radical (unpaired) electrons. The first kappa shape index (κ1) is 18.5. The van der Waals surface area contributed by atoms with Crippen LogP contribution in [0, 0.1) is 0 Å². The molecule has 2 aromatic heterocycles. The second-order valence-corrected chi connectivity index (χ2v) is 6.16. The maximum Gasteiger partial charge on any atom is 0.325 e. The Morgan fingerprint density at radius 3 is 2.78 bits per heavy atom. The number of urea groups is 1. The molecule has 3 aromatic rings. The Balaban J connectivity index is 1.46. The Hall–Kier alpha value is -3.34. The van der Waals surface area contributed by atoms with Gasteiger partial charge in [-0.05, 0) is 46.8 Å². The highest BCUT2D eigenvalue weighted by Gasteiger charge is 2.13. The first-order chi connectivity index (χ1) is 13.1. The first-order valence-corrected chi connectivity index (χ1v) is 8.79. The third-order valence-electron chi connectivity index (χ3n) is 3.32. The summed E-state index contributed by atoms with van der Waals surface area (Å²) in [5.41, 5.74) is 0.538. The van der Waals surface area contributed by atoms with Gasteiger partial charge in [-0.25, -0.2) is 9.48 Å². The predicted molar refractivity (Wildman–Crippen MR) is 96.5 cm³/mol. The third-order valence-corrected chi connectivity index (χ3v) is 4.28. The summed E-state index contributed by atoms with van der Waals surface area (Å²) < 4.78 is 11.8. The summed E-state index contributed by atoms with van der Waals surface area (Å²) in [7, 11) is 1.55. The van der Waals surface area contributed by atoms with Gasteiger partial charge in [0.2, 0.25) is 11.1 Å². The molecule has 0 bridgehead atoms. The maximum atomic E-state index is 12.0. The number of imide groups is 1.